The van der Waals surface area contributed by atoms with Gasteiger partial charge in [-0.1, -0.05) is 48.5 Å². The summed E-state index contributed by atoms with van der Waals surface area (Å²) in [4.78, 5) is 41.5. The van der Waals surface area contributed by atoms with E-state index in [0.29, 0.717) is 18.5 Å². The molecule has 1 saturated heterocycles. The van der Waals surface area contributed by atoms with E-state index in [2.05, 4.69) is 10.6 Å². The lowest BCUT2D eigenvalue weighted by Crippen LogP contribution is -2.57. The van der Waals surface area contributed by atoms with Crippen LogP contribution in [0, 0.1) is 0 Å². The fraction of sp³-hybridized carbons (Fsp3) is 0.423. The lowest BCUT2D eigenvalue weighted by atomic mass is 10.00. The molecule has 2 aromatic carbocycles. The van der Waals surface area contributed by atoms with Gasteiger partial charge in [0.2, 0.25) is 11.8 Å². The molecule has 0 aromatic heterocycles. The van der Waals surface area contributed by atoms with Gasteiger partial charge in [-0.25, -0.2) is 0 Å². The van der Waals surface area contributed by atoms with E-state index in [1.54, 1.807) is 28.4 Å². The third-order valence-corrected chi connectivity index (χ3v) is 8.52. The molecule has 6 nitrogen and oxygen atoms in total. The molecular weight excluding hydrogens is 466 g/mol. The molecule has 2 aliphatic heterocycles. The zero-order valence-electron chi connectivity index (χ0n) is 19.7. The maximum atomic E-state index is 13.6. The largest absolute Gasteiger partial charge is 0.354 e. The Labute approximate surface area is 209 Å². The summed E-state index contributed by atoms with van der Waals surface area (Å²) in [5.41, 5.74) is 2.76. The summed E-state index contributed by atoms with van der Waals surface area (Å²) >= 11 is 3.26. The molecule has 8 heteroatoms. The van der Waals surface area contributed by atoms with Crippen LogP contribution in [0.5, 0.6) is 0 Å². The van der Waals surface area contributed by atoms with Crippen LogP contribution in [0.15, 0.2) is 54.6 Å². The molecule has 3 atom stereocenters. The number of hydrogen-bond donors (Lipinski definition) is 2. The Bertz CT molecular complexity index is 1060. The molecule has 0 bridgehead atoms. The van der Waals surface area contributed by atoms with E-state index in [4.69, 9.17) is 0 Å². The van der Waals surface area contributed by atoms with Crippen molar-refractivity contribution in [1.82, 2.24) is 15.5 Å². The van der Waals surface area contributed by atoms with Crippen LogP contribution >= 0.6 is 23.5 Å². The second-order valence-corrected chi connectivity index (χ2v) is 11.9. The molecule has 34 heavy (non-hydrogen) atoms. The summed E-state index contributed by atoms with van der Waals surface area (Å²) in [5, 5.41) is 5.78. The number of hydrogen-bond acceptors (Lipinski definition) is 5. The summed E-state index contributed by atoms with van der Waals surface area (Å²) in [7, 11) is 0. The van der Waals surface area contributed by atoms with Crippen LogP contribution in [0.4, 0.5) is 0 Å². The highest BCUT2D eigenvalue weighted by atomic mass is 32.2. The fourth-order valence-corrected chi connectivity index (χ4v) is 6.72. The number of carbonyl (C=O) groups is 3. The van der Waals surface area contributed by atoms with Gasteiger partial charge in [-0.2, -0.15) is 11.8 Å². The van der Waals surface area contributed by atoms with E-state index in [0.717, 1.165) is 23.3 Å². The number of thioether (sulfide) groups is 2. The van der Waals surface area contributed by atoms with Crippen molar-refractivity contribution < 1.29 is 14.4 Å². The molecule has 2 heterocycles. The summed E-state index contributed by atoms with van der Waals surface area (Å²) in [5.74, 6) is 0.169. The molecule has 2 N–H and O–H groups in total. The van der Waals surface area contributed by atoms with E-state index in [9.17, 15) is 14.4 Å². The molecule has 1 fully saturated rings. The third kappa shape index (κ3) is 4.98. The van der Waals surface area contributed by atoms with Crippen LogP contribution in [0.25, 0.3) is 0 Å². The fourth-order valence-electron chi connectivity index (χ4n) is 4.66. The SMILES string of the molecule is CSCC[C@H](NC(=O)[C@H]1N2C(=O)c3ccccc3C2SC1(C)C)C(=O)NCCc1ccccc1. The quantitative estimate of drug-likeness (QED) is 0.553. The lowest BCUT2D eigenvalue weighted by Gasteiger charge is -2.31. The van der Waals surface area contributed by atoms with Crippen molar-refractivity contribution in [3.8, 4) is 0 Å². The first-order valence-corrected chi connectivity index (χ1v) is 13.8. The van der Waals surface area contributed by atoms with E-state index >= 15 is 0 Å². The Morgan fingerprint density at radius 2 is 1.82 bits per heavy atom. The molecule has 2 aromatic rings. The van der Waals surface area contributed by atoms with E-state index in [1.165, 1.54) is 0 Å². The van der Waals surface area contributed by atoms with Gasteiger partial charge in [0.05, 0.1) is 0 Å². The maximum absolute atomic E-state index is 13.6. The molecule has 0 saturated carbocycles. The van der Waals surface area contributed by atoms with Gasteiger partial charge < -0.3 is 15.5 Å². The van der Waals surface area contributed by atoms with Gasteiger partial charge in [-0.05, 0) is 55.9 Å². The summed E-state index contributed by atoms with van der Waals surface area (Å²) in [6.07, 6.45) is 3.24. The summed E-state index contributed by atoms with van der Waals surface area (Å²) < 4.78 is -0.480. The molecule has 4 rings (SSSR count). The van der Waals surface area contributed by atoms with Crippen LogP contribution in [-0.2, 0) is 16.0 Å². The van der Waals surface area contributed by atoms with Crippen molar-refractivity contribution in [2.45, 2.75) is 48.9 Å². The number of nitrogens with zero attached hydrogens (tertiary/aromatic N) is 1. The van der Waals surface area contributed by atoms with E-state index in [1.807, 2.05) is 74.7 Å². The van der Waals surface area contributed by atoms with Gasteiger partial charge >= 0.3 is 0 Å². The van der Waals surface area contributed by atoms with Crippen molar-refractivity contribution in [2.24, 2.45) is 0 Å². The van der Waals surface area contributed by atoms with Crippen LogP contribution in [0.3, 0.4) is 0 Å². The number of rotatable bonds is 9. The third-order valence-electron chi connectivity index (χ3n) is 6.34. The maximum Gasteiger partial charge on any atom is 0.256 e. The monoisotopic (exact) mass is 497 g/mol. The number of nitrogens with one attached hydrogen (secondary N) is 2. The standard InChI is InChI=1S/C26H31N3O3S2/c1-26(2)21(29-24(32)18-11-7-8-12-19(18)25(29)34-26)23(31)28-20(14-16-33-3)22(30)27-15-13-17-9-5-4-6-10-17/h4-12,20-21,25H,13-16H2,1-3H3,(H,27,30)(H,28,31)/t20-,21+,25?/m0/s1. The average molecular weight is 498 g/mol. The van der Waals surface area contributed by atoms with Crippen LogP contribution in [0.1, 0.15) is 47.1 Å². The number of fused-ring (bicyclic) bond motifs is 3. The summed E-state index contributed by atoms with van der Waals surface area (Å²) in [6, 6.07) is 16.2. The van der Waals surface area contributed by atoms with Gasteiger partial charge in [0.1, 0.15) is 17.5 Å². The highest BCUT2D eigenvalue weighted by Gasteiger charge is 2.57. The molecular formula is C26H31N3O3S2. The number of benzene rings is 2. The molecule has 0 spiro atoms. The zero-order valence-corrected chi connectivity index (χ0v) is 21.4. The second kappa shape index (κ2) is 10.4. The molecule has 2 aliphatic rings. The van der Waals surface area contributed by atoms with Crippen LogP contribution < -0.4 is 10.6 Å². The highest BCUT2D eigenvalue weighted by Crippen LogP contribution is 2.56. The molecule has 3 amide bonds. The number of carbonyl (C=O) groups excluding carboxylic acids is 3. The van der Waals surface area contributed by atoms with Gasteiger partial charge in [0.25, 0.3) is 5.91 Å². The Kier molecular flexibility index (Phi) is 7.57. The number of amides is 3. The van der Waals surface area contributed by atoms with E-state index in [-0.39, 0.29) is 23.1 Å². The Morgan fingerprint density at radius 3 is 2.56 bits per heavy atom. The van der Waals surface area contributed by atoms with Crippen molar-refractivity contribution in [2.75, 3.05) is 18.6 Å². The average Bonchev–Trinajstić information content (AvgIpc) is 3.26. The zero-order chi connectivity index (χ0) is 24.3. The first-order chi connectivity index (χ1) is 16.3. The molecule has 1 unspecified atom stereocenters. The van der Waals surface area contributed by atoms with Gasteiger partial charge in [0, 0.05) is 16.9 Å². The lowest BCUT2D eigenvalue weighted by molar-refractivity contribution is -0.131. The Morgan fingerprint density at radius 1 is 1.12 bits per heavy atom. The minimum absolute atomic E-state index is 0.119. The van der Waals surface area contributed by atoms with Gasteiger partial charge in [0.15, 0.2) is 0 Å². The van der Waals surface area contributed by atoms with Gasteiger partial charge in [-0.3, -0.25) is 14.4 Å². The topological polar surface area (TPSA) is 78.5 Å². The minimum Gasteiger partial charge on any atom is -0.354 e. The smallest absolute Gasteiger partial charge is 0.256 e. The van der Waals surface area contributed by atoms with Crippen molar-refractivity contribution >= 4 is 41.2 Å². The second-order valence-electron chi connectivity index (χ2n) is 9.15. The van der Waals surface area contributed by atoms with E-state index < -0.39 is 16.8 Å². The first kappa shape index (κ1) is 24.7. The normalized spacial score (nSPS) is 21.0. The van der Waals surface area contributed by atoms with Crippen molar-refractivity contribution in [3.05, 3.63) is 71.3 Å². The van der Waals surface area contributed by atoms with Crippen LogP contribution in [-0.4, -0.2) is 58.0 Å². The van der Waals surface area contributed by atoms with Crippen LogP contribution in [0.2, 0.25) is 0 Å². The van der Waals surface area contributed by atoms with Gasteiger partial charge in [-0.15, -0.1) is 11.8 Å². The molecule has 0 radical (unpaired) electrons. The molecule has 180 valence electrons. The van der Waals surface area contributed by atoms with Crippen molar-refractivity contribution in [3.63, 3.8) is 0 Å². The highest BCUT2D eigenvalue weighted by molar-refractivity contribution is 8.01. The summed E-state index contributed by atoms with van der Waals surface area (Å²) in [6.45, 7) is 4.49. The van der Waals surface area contributed by atoms with Crippen molar-refractivity contribution in [1.29, 1.82) is 0 Å². The minimum atomic E-state index is -0.656. The predicted molar refractivity (Wildman–Crippen MR) is 139 cm³/mol. The Balaban J connectivity index is 1.45. The molecule has 0 aliphatic carbocycles. The Hall–Kier alpha value is -2.45. The first-order valence-electron chi connectivity index (χ1n) is 11.5. The predicted octanol–water partition coefficient (Wildman–Crippen LogP) is 3.63.